The van der Waals surface area contributed by atoms with E-state index in [1.54, 1.807) is 0 Å². The van der Waals surface area contributed by atoms with Crippen LogP contribution in [-0.2, 0) is 16.1 Å². The maximum absolute atomic E-state index is 11.9. The Morgan fingerprint density at radius 1 is 1.56 bits per heavy atom. The fourth-order valence-corrected chi connectivity index (χ4v) is 2.68. The second-order valence-electron chi connectivity index (χ2n) is 4.34. The molecule has 0 spiro atoms. The number of carbonyl (C=O) groups excluding carboxylic acids is 2. The van der Waals surface area contributed by atoms with Crippen molar-refractivity contribution in [3.63, 3.8) is 0 Å². The molecule has 1 fully saturated rings. The van der Waals surface area contributed by atoms with E-state index in [1.165, 1.54) is 17.3 Å². The van der Waals surface area contributed by atoms with Gasteiger partial charge in [-0.3, -0.25) is 9.59 Å². The predicted octanol–water partition coefficient (Wildman–Crippen LogP) is 0.843. The molecule has 1 aliphatic rings. The first kappa shape index (κ1) is 13.0. The van der Waals surface area contributed by atoms with Crippen molar-refractivity contribution in [2.24, 2.45) is 0 Å². The van der Waals surface area contributed by atoms with E-state index >= 15 is 0 Å². The third-order valence-electron chi connectivity index (χ3n) is 2.72. The molecule has 0 bridgehead atoms. The Kier molecular flexibility index (Phi) is 4.25. The third-order valence-corrected chi connectivity index (χ3v) is 3.75. The number of carbonyl (C=O) groups is 2. The van der Waals surface area contributed by atoms with Gasteiger partial charge in [0.1, 0.15) is 6.04 Å². The quantitative estimate of drug-likeness (QED) is 0.850. The summed E-state index contributed by atoms with van der Waals surface area (Å²) in [4.78, 5) is 23.0. The number of benzene rings is 1. The first-order chi connectivity index (χ1) is 8.65. The number of nitrogens with one attached hydrogen (secondary N) is 2. The first-order valence-corrected chi connectivity index (χ1v) is 7.01. The van der Waals surface area contributed by atoms with E-state index in [1.807, 2.05) is 31.2 Å². The lowest BCUT2D eigenvalue weighted by Gasteiger charge is -2.22. The van der Waals surface area contributed by atoms with Crippen LogP contribution in [0.4, 0.5) is 0 Å². The highest BCUT2D eigenvalue weighted by atomic mass is 32.2. The van der Waals surface area contributed by atoms with Crippen LogP contribution >= 0.6 is 11.8 Å². The topological polar surface area (TPSA) is 58.2 Å². The Balaban J connectivity index is 1.86. The van der Waals surface area contributed by atoms with Crippen molar-refractivity contribution in [2.45, 2.75) is 19.5 Å². The van der Waals surface area contributed by atoms with Crippen molar-refractivity contribution in [1.29, 1.82) is 0 Å². The Bertz CT molecular complexity index is 462. The van der Waals surface area contributed by atoms with E-state index < -0.39 is 6.04 Å². The summed E-state index contributed by atoms with van der Waals surface area (Å²) >= 11 is 1.49. The minimum atomic E-state index is -0.402. The molecule has 18 heavy (non-hydrogen) atoms. The Morgan fingerprint density at radius 3 is 3.11 bits per heavy atom. The highest BCUT2D eigenvalue weighted by molar-refractivity contribution is 8.00. The van der Waals surface area contributed by atoms with E-state index in [2.05, 4.69) is 10.6 Å². The van der Waals surface area contributed by atoms with E-state index in [0.29, 0.717) is 18.1 Å². The fraction of sp³-hybridized carbons (Fsp3) is 0.385. The van der Waals surface area contributed by atoms with Crippen molar-refractivity contribution in [1.82, 2.24) is 10.6 Å². The monoisotopic (exact) mass is 264 g/mol. The Hall–Kier alpha value is -1.49. The summed E-state index contributed by atoms with van der Waals surface area (Å²) in [5, 5.41) is 5.54. The molecule has 5 heteroatoms. The number of hydrogen-bond donors (Lipinski definition) is 2. The van der Waals surface area contributed by atoms with Gasteiger partial charge < -0.3 is 10.6 Å². The third kappa shape index (κ3) is 3.50. The van der Waals surface area contributed by atoms with E-state index in [0.717, 1.165) is 5.56 Å². The van der Waals surface area contributed by atoms with Crippen LogP contribution in [0.25, 0.3) is 0 Å². The molecule has 1 saturated heterocycles. The minimum absolute atomic E-state index is 0.0676. The zero-order chi connectivity index (χ0) is 13.0. The van der Waals surface area contributed by atoms with Gasteiger partial charge in [-0.25, -0.2) is 0 Å². The van der Waals surface area contributed by atoms with Crippen LogP contribution in [0, 0.1) is 6.92 Å². The molecular weight excluding hydrogens is 248 g/mol. The molecule has 0 aromatic heterocycles. The van der Waals surface area contributed by atoms with Gasteiger partial charge in [-0.05, 0) is 12.5 Å². The van der Waals surface area contributed by atoms with Crippen LogP contribution in [0.2, 0.25) is 0 Å². The standard InChI is InChI=1S/C13H16N2O2S/c1-9-3-2-4-10(5-9)6-14-13(17)11-7-18-8-12(16)15-11/h2-5,11H,6-8H2,1H3,(H,14,17)(H,15,16). The van der Waals surface area contributed by atoms with Crippen LogP contribution in [0.3, 0.4) is 0 Å². The largest absolute Gasteiger partial charge is 0.350 e. The molecular formula is C13H16N2O2S. The van der Waals surface area contributed by atoms with Gasteiger partial charge in [-0.2, -0.15) is 0 Å². The van der Waals surface area contributed by atoms with Gasteiger partial charge in [-0.1, -0.05) is 29.8 Å². The molecule has 0 aliphatic carbocycles. The number of hydrogen-bond acceptors (Lipinski definition) is 3. The summed E-state index contributed by atoms with van der Waals surface area (Å²) in [6, 6.07) is 7.59. The molecule has 0 saturated carbocycles. The van der Waals surface area contributed by atoms with Crippen molar-refractivity contribution in [3.8, 4) is 0 Å². The molecule has 2 amide bonds. The van der Waals surface area contributed by atoms with Crippen LogP contribution in [0.5, 0.6) is 0 Å². The second kappa shape index (κ2) is 5.91. The predicted molar refractivity (Wildman–Crippen MR) is 72.3 cm³/mol. The van der Waals surface area contributed by atoms with Crippen molar-refractivity contribution < 1.29 is 9.59 Å². The SMILES string of the molecule is Cc1cccc(CNC(=O)C2CSCC(=O)N2)c1. The average molecular weight is 264 g/mol. The van der Waals surface area contributed by atoms with Gasteiger partial charge in [0.15, 0.2) is 0 Å². The summed E-state index contributed by atoms with van der Waals surface area (Å²) in [5.41, 5.74) is 2.24. The second-order valence-corrected chi connectivity index (χ2v) is 5.37. The van der Waals surface area contributed by atoms with Crippen LogP contribution < -0.4 is 10.6 Å². The zero-order valence-corrected chi connectivity index (χ0v) is 11.0. The normalized spacial score (nSPS) is 19.2. The zero-order valence-electron chi connectivity index (χ0n) is 10.2. The number of aryl methyl sites for hydroxylation is 1. The van der Waals surface area contributed by atoms with E-state index in [-0.39, 0.29) is 11.8 Å². The van der Waals surface area contributed by atoms with Crippen molar-refractivity contribution >= 4 is 23.6 Å². The van der Waals surface area contributed by atoms with Gasteiger partial charge in [0.05, 0.1) is 5.75 Å². The van der Waals surface area contributed by atoms with Crippen LogP contribution in [0.15, 0.2) is 24.3 Å². The summed E-state index contributed by atoms with van der Waals surface area (Å²) in [6.45, 7) is 2.51. The summed E-state index contributed by atoms with van der Waals surface area (Å²) in [6.07, 6.45) is 0. The van der Waals surface area contributed by atoms with Gasteiger partial charge >= 0.3 is 0 Å². The first-order valence-electron chi connectivity index (χ1n) is 5.85. The molecule has 1 unspecified atom stereocenters. The molecule has 4 nitrogen and oxygen atoms in total. The highest BCUT2D eigenvalue weighted by Crippen LogP contribution is 2.09. The minimum Gasteiger partial charge on any atom is -0.350 e. The molecule has 0 radical (unpaired) electrons. The molecule has 96 valence electrons. The lowest BCUT2D eigenvalue weighted by molar-refractivity contribution is -0.127. The van der Waals surface area contributed by atoms with Gasteiger partial charge in [-0.15, -0.1) is 11.8 Å². The van der Waals surface area contributed by atoms with E-state index in [4.69, 9.17) is 0 Å². The molecule has 2 rings (SSSR count). The number of thioether (sulfide) groups is 1. The Labute approximate surface area is 111 Å². The fourth-order valence-electron chi connectivity index (χ4n) is 1.82. The van der Waals surface area contributed by atoms with Gasteiger partial charge in [0, 0.05) is 12.3 Å². The average Bonchev–Trinajstić information content (AvgIpc) is 2.36. The molecule has 1 atom stereocenters. The van der Waals surface area contributed by atoms with Crippen LogP contribution in [0.1, 0.15) is 11.1 Å². The summed E-state index contributed by atoms with van der Waals surface area (Å²) < 4.78 is 0. The van der Waals surface area contributed by atoms with E-state index in [9.17, 15) is 9.59 Å². The summed E-state index contributed by atoms with van der Waals surface area (Å²) in [5.74, 6) is 0.909. The summed E-state index contributed by atoms with van der Waals surface area (Å²) in [7, 11) is 0. The molecule has 1 aromatic rings. The van der Waals surface area contributed by atoms with Gasteiger partial charge in [0.2, 0.25) is 11.8 Å². The van der Waals surface area contributed by atoms with Crippen LogP contribution in [-0.4, -0.2) is 29.4 Å². The number of amides is 2. The maximum atomic E-state index is 11.9. The molecule has 1 aromatic carbocycles. The molecule has 1 heterocycles. The molecule has 1 aliphatic heterocycles. The lowest BCUT2D eigenvalue weighted by Crippen LogP contribution is -2.51. The van der Waals surface area contributed by atoms with Crippen molar-refractivity contribution in [2.75, 3.05) is 11.5 Å². The molecule has 2 N–H and O–H groups in total. The maximum Gasteiger partial charge on any atom is 0.243 e. The number of rotatable bonds is 3. The highest BCUT2D eigenvalue weighted by Gasteiger charge is 2.24. The van der Waals surface area contributed by atoms with Crippen molar-refractivity contribution in [3.05, 3.63) is 35.4 Å². The smallest absolute Gasteiger partial charge is 0.243 e. The van der Waals surface area contributed by atoms with Gasteiger partial charge in [0.25, 0.3) is 0 Å². The lowest BCUT2D eigenvalue weighted by atomic mass is 10.1. The Morgan fingerprint density at radius 2 is 2.39 bits per heavy atom.